The molecule has 5 atom stereocenters. The Labute approximate surface area is 203 Å². The van der Waals surface area contributed by atoms with Gasteiger partial charge < -0.3 is 19.1 Å². The molecule has 0 spiro atoms. The van der Waals surface area contributed by atoms with Crippen LogP contribution in [0.15, 0.2) is 11.8 Å². The molecule has 2 aliphatic heterocycles. The van der Waals surface area contributed by atoms with Crippen molar-refractivity contribution in [2.75, 3.05) is 38.5 Å². The molecular weight excluding hydrogens is 538 g/mol. The van der Waals surface area contributed by atoms with E-state index in [-0.39, 0.29) is 19.8 Å². The average molecular weight is 566 g/mol. The van der Waals surface area contributed by atoms with E-state index in [0.29, 0.717) is 18.8 Å². The molecule has 2 fully saturated rings. The van der Waals surface area contributed by atoms with Gasteiger partial charge in [-0.05, 0) is 13.8 Å². The molecule has 2 bridgehead atoms. The number of fused-ring (bicyclic) bond motifs is 2. The third-order valence-electron chi connectivity index (χ3n) is 4.47. The fourth-order valence-corrected chi connectivity index (χ4v) is 5.32. The molecule has 2 heterocycles. The standard InChI is InChI=1S/C17H27NO14S3/c1-6-27-16(19)10(17(20)28-7-2)8-18-9-11-12(30-33(3,21)22)13(31-34(4,23)24)14(15(18)29-11)32-35(5,25)26/h8,11-15H,6-7,9H2,1-5H3/t11-,12-,13+,14-,15-/m1/s1. The van der Waals surface area contributed by atoms with Crippen LogP contribution in [0.4, 0.5) is 0 Å². The van der Waals surface area contributed by atoms with E-state index in [1.165, 1.54) is 13.8 Å². The predicted molar refractivity (Wildman–Crippen MR) is 116 cm³/mol. The van der Waals surface area contributed by atoms with E-state index in [1.807, 2.05) is 0 Å². The van der Waals surface area contributed by atoms with Gasteiger partial charge in [-0.3, -0.25) is 12.5 Å². The number of carbonyl (C=O) groups is 2. The Morgan fingerprint density at radius 3 is 1.66 bits per heavy atom. The minimum atomic E-state index is -4.30. The molecule has 0 aromatic carbocycles. The summed E-state index contributed by atoms with van der Waals surface area (Å²) in [5.41, 5.74) is -0.580. The summed E-state index contributed by atoms with van der Waals surface area (Å²) >= 11 is 0. The van der Waals surface area contributed by atoms with E-state index in [2.05, 4.69) is 0 Å². The van der Waals surface area contributed by atoms with Crippen molar-refractivity contribution in [2.45, 2.75) is 44.5 Å². The Morgan fingerprint density at radius 1 is 0.800 bits per heavy atom. The maximum Gasteiger partial charge on any atom is 0.347 e. The lowest BCUT2D eigenvalue weighted by Crippen LogP contribution is -2.59. The van der Waals surface area contributed by atoms with Crippen molar-refractivity contribution in [1.82, 2.24) is 4.90 Å². The highest BCUT2D eigenvalue weighted by Gasteiger charge is 2.58. The van der Waals surface area contributed by atoms with Gasteiger partial charge in [0.1, 0.15) is 18.3 Å². The molecule has 35 heavy (non-hydrogen) atoms. The third kappa shape index (κ3) is 8.36. The number of hydrogen-bond donors (Lipinski definition) is 0. The fourth-order valence-electron chi connectivity index (χ4n) is 3.45. The number of carbonyl (C=O) groups excluding carboxylic acids is 2. The van der Waals surface area contributed by atoms with Gasteiger partial charge in [-0.25, -0.2) is 9.59 Å². The summed E-state index contributed by atoms with van der Waals surface area (Å²) in [6, 6.07) is 0. The maximum atomic E-state index is 12.4. The van der Waals surface area contributed by atoms with Crippen LogP contribution in [0.5, 0.6) is 0 Å². The summed E-state index contributed by atoms with van der Waals surface area (Å²) < 4.78 is 102. The largest absolute Gasteiger partial charge is 0.462 e. The van der Waals surface area contributed by atoms with Crippen LogP contribution >= 0.6 is 0 Å². The molecular formula is C17H27NO14S3. The van der Waals surface area contributed by atoms with Crippen LogP contribution in [-0.2, 0) is 66.7 Å². The van der Waals surface area contributed by atoms with Crippen molar-refractivity contribution in [2.24, 2.45) is 0 Å². The van der Waals surface area contributed by atoms with E-state index < -0.39 is 78.5 Å². The van der Waals surface area contributed by atoms with Crippen molar-refractivity contribution in [1.29, 1.82) is 0 Å². The molecule has 0 radical (unpaired) electrons. The monoisotopic (exact) mass is 565 g/mol. The normalized spacial score (nSPS) is 26.8. The first kappa shape index (κ1) is 29.4. The molecule has 2 saturated heterocycles. The van der Waals surface area contributed by atoms with Crippen LogP contribution in [0.2, 0.25) is 0 Å². The van der Waals surface area contributed by atoms with Gasteiger partial charge in [0.15, 0.2) is 17.9 Å². The zero-order chi connectivity index (χ0) is 26.8. The molecule has 15 nitrogen and oxygen atoms in total. The first-order valence-electron chi connectivity index (χ1n) is 10.1. The summed E-state index contributed by atoms with van der Waals surface area (Å²) in [6.45, 7) is 2.57. The van der Waals surface area contributed by atoms with Gasteiger partial charge in [-0.1, -0.05) is 0 Å². The molecule has 0 N–H and O–H groups in total. The third-order valence-corrected chi connectivity index (χ3v) is 6.19. The molecule has 202 valence electrons. The van der Waals surface area contributed by atoms with E-state index in [4.69, 9.17) is 26.8 Å². The van der Waals surface area contributed by atoms with Gasteiger partial charge in [0.05, 0.1) is 32.0 Å². The average Bonchev–Trinajstić information content (AvgIpc) is 3.04. The van der Waals surface area contributed by atoms with E-state index in [9.17, 15) is 34.8 Å². The van der Waals surface area contributed by atoms with Crippen molar-refractivity contribution in [3.63, 3.8) is 0 Å². The van der Waals surface area contributed by atoms with Crippen molar-refractivity contribution in [3.8, 4) is 0 Å². The summed E-state index contributed by atoms with van der Waals surface area (Å²) in [6.07, 6.45) is -4.93. The molecule has 2 rings (SSSR count). The smallest absolute Gasteiger partial charge is 0.347 e. The first-order valence-corrected chi connectivity index (χ1v) is 15.5. The Balaban J connectivity index is 2.62. The Kier molecular flexibility index (Phi) is 9.29. The Bertz CT molecular complexity index is 1140. The van der Waals surface area contributed by atoms with Crippen LogP contribution in [0.1, 0.15) is 13.8 Å². The molecule has 0 aromatic rings. The number of esters is 2. The van der Waals surface area contributed by atoms with E-state index in [0.717, 1.165) is 11.1 Å². The van der Waals surface area contributed by atoms with Gasteiger partial charge in [-0.2, -0.15) is 25.3 Å². The molecule has 0 amide bonds. The number of ether oxygens (including phenoxy) is 3. The van der Waals surface area contributed by atoms with Crippen LogP contribution in [0, 0.1) is 0 Å². The first-order chi connectivity index (χ1) is 16.0. The summed E-state index contributed by atoms with van der Waals surface area (Å²) in [5, 5.41) is 0. The SMILES string of the molecule is CCOC(=O)C(=CN1C[C@H]2O[C@@H]1[C@H](OS(C)(=O)=O)[C@@H](OS(C)(=O)=O)[C@@H]2OS(C)(=O)=O)C(=O)OCC. The van der Waals surface area contributed by atoms with Crippen LogP contribution < -0.4 is 0 Å². The van der Waals surface area contributed by atoms with E-state index >= 15 is 0 Å². The summed E-state index contributed by atoms with van der Waals surface area (Å²) in [5.74, 6) is -2.11. The number of likely N-dealkylation sites (tertiary alicyclic amines) is 1. The van der Waals surface area contributed by atoms with Crippen LogP contribution in [0.3, 0.4) is 0 Å². The van der Waals surface area contributed by atoms with Gasteiger partial charge in [-0.15, -0.1) is 0 Å². The van der Waals surface area contributed by atoms with Gasteiger partial charge in [0.2, 0.25) is 0 Å². The van der Waals surface area contributed by atoms with Crippen LogP contribution in [0.25, 0.3) is 0 Å². The molecule has 18 heteroatoms. The van der Waals surface area contributed by atoms with Crippen molar-refractivity contribution >= 4 is 42.3 Å². The number of nitrogens with zero attached hydrogens (tertiary/aromatic N) is 1. The van der Waals surface area contributed by atoms with Crippen molar-refractivity contribution < 1.29 is 61.6 Å². The molecule has 2 aliphatic rings. The lowest BCUT2D eigenvalue weighted by Gasteiger charge is -2.39. The van der Waals surface area contributed by atoms with Gasteiger partial charge >= 0.3 is 11.9 Å². The highest BCUT2D eigenvalue weighted by Crippen LogP contribution is 2.37. The second kappa shape index (κ2) is 11.1. The Hall–Kier alpha value is -1.83. The molecule has 0 aromatic heterocycles. The summed E-state index contributed by atoms with van der Waals surface area (Å²) in [4.78, 5) is 25.9. The number of rotatable bonds is 11. The Morgan fingerprint density at radius 2 is 1.23 bits per heavy atom. The highest BCUT2D eigenvalue weighted by atomic mass is 32.2. The highest BCUT2D eigenvalue weighted by molar-refractivity contribution is 7.86. The quantitative estimate of drug-likeness (QED) is 0.0882. The molecule has 0 unspecified atom stereocenters. The van der Waals surface area contributed by atoms with E-state index in [1.54, 1.807) is 0 Å². The summed E-state index contributed by atoms with van der Waals surface area (Å²) in [7, 11) is -12.8. The van der Waals surface area contributed by atoms with Crippen molar-refractivity contribution in [3.05, 3.63) is 11.8 Å². The predicted octanol–water partition coefficient (Wildman–Crippen LogP) is -1.93. The minimum absolute atomic E-state index is 0.0769. The topological polar surface area (TPSA) is 195 Å². The zero-order valence-corrected chi connectivity index (χ0v) is 21.9. The lowest BCUT2D eigenvalue weighted by molar-refractivity contribution is -0.180. The maximum absolute atomic E-state index is 12.4. The van der Waals surface area contributed by atoms with Gasteiger partial charge in [0.25, 0.3) is 30.4 Å². The molecule has 0 aliphatic carbocycles. The lowest BCUT2D eigenvalue weighted by atomic mass is 10.0. The second-order valence-corrected chi connectivity index (χ2v) is 12.3. The fraction of sp³-hybridized carbons (Fsp3) is 0.765. The van der Waals surface area contributed by atoms with Crippen LogP contribution in [-0.4, -0.2) is 111 Å². The minimum Gasteiger partial charge on any atom is -0.462 e. The van der Waals surface area contributed by atoms with Gasteiger partial charge in [0, 0.05) is 12.7 Å². The molecule has 0 saturated carbocycles. The second-order valence-electron chi connectivity index (χ2n) is 7.54. The zero-order valence-electron chi connectivity index (χ0n) is 19.5. The number of hydrogen-bond acceptors (Lipinski definition) is 15.